The molecule has 4 heterocycles. The highest BCUT2D eigenvalue weighted by Crippen LogP contribution is 2.28. The Morgan fingerprint density at radius 3 is 3.21 bits per heavy atom. The van der Waals surface area contributed by atoms with Gasteiger partial charge in [0, 0.05) is 44.5 Å². The average molecular weight is 255 g/mol. The largest absolute Gasteiger partial charge is 0.422 e. The summed E-state index contributed by atoms with van der Waals surface area (Å²) in [7, 11) is 0. The number of nitriles is 1. The molecule has 2 bridgehead atoms. The minimum atomic E-state index is 0.497. The van der Waals surface area contributed by atoms with Gasteiger partial charge in [0.1, 0.15) is 6.07 Å². The predicted molar refractivity (Wildman–Crippen MR) is 68.7 cm³/mol. The van der Waals surface area contributed by atoms with Crippen molar-refractivity contribution in [2.24, 2.45) is 0 Å². The predicted octanol–water partition coefficient (Wildman–Crippen LogP) is 0.989. The summed E-state index contributed by atoms with van der Waals surface area (Å²) in [4.78, 5) is 13.3. The van der Waals surface area contributed by atoms with Crippen LogP contribution in [-0.2, 0) is 0 Å². The monoisotopic (exact) mass is 255 g/mol. The second kappa shape index (κ2) is 3.93. The highest BCUT2D eigenvalue weighted by molar-refractivity contribution is 5.71. The summed E-state index contributed by atoms with van der Waals surface area (Å²) in [5, 5.41) is 8.87. The Hall–Kier alpha value is -2.13. The summed E-state index contributed by atoms with van der Waals surface area (Å²) in [5.41, 5.74) is 1.67. The highest BCUT2D eigenvalue weighted by Gasteiger charge is 2.34. The molecule has 0 aliphatic carbocycles. The molecule has 0 spiro atoms. The van der Waals surface area contributed by atoms with Gasteiger partial charge in [0.25, 0.3) is 6.01 Å². The number of oxazole rings is 1. The lowest BCUT2D eigenvalue weighted by Gasteiger charge is -2.32. The van der Waals surface area contributed by atoms with Crippen molar-refractivity contribution in [3.05, 3.63) is 17.8 Å². The Kier molecular flexibility index (Phi) is 2.23. The minimum absolute atomic E-state index is 0.497. The molecule has 2 fully saturated rings. The van der Waals surface area contributed by atoms with Crippen LogP contribution in [0.15, 0.2) is 16.7 Å². The Balaban J connectivity index is 1.73. The van der Waals surface area contributed by atoms with E-state index in [9.17, 15) is 0 Å². The van der Waals surface area contributed by atoms with Gasteiger partial charge in [-0.2, -0.15) is 10.2 Å². The van der Waals surface area contributed by atoms with Gasteiger partial charge < -0.3 is 9.32 Å². The third kappa shape index (κ3) is 1.66. The third-order valence-electron chi connectivity index (χ3n) is 3.96. The van der Waals surface area contributed by atoms with Crippen molar-refractivity contribution in [3.8, 4) is 6.07 Å². The maximum atomic E-state index is 8.87. The molecule has 1 unspecified atom stereocenters. The van der Waals surface area contributed by atoms with Crippen LogP contribution >= 0.6 is 0 Å². The number of pyridine rings is 1. The number of rotatable bonds is 1. The number of hydrogen-bond donors (Lipinski definition) is 0. The van der Waals surface area contributed by atoms with E-state index >= 15 is 0 Å². The van der Waals surface area contributed by atoms with Crippen LogP contribution in [-0.4, -0.2) is 47.1 Å². The van der Waals surface area contributed by atoms with Gasteiger partial charge in [-0.25, -0.2) is 4.98 Å². The summed E-state index contributed by atoms with van der Waals surface area (Å²) in [5.74, 6) is 0. The molecule has 0 amide bonds. The zero-order valence-electron chi connectivity index (χ0n) is 10.4. The Labute approximate surface area is 110 Å². The standard InChI is InChI=1S/C13H13N5O/c14-6-9-5-11-12(15-7-9)16-13(19-11)18-4-3-17-2-1-10(18)8-17/h5,7,10H,1-4,8H2/t10-/m1/s1. The topological polar surface area (TPSA) is 69.2 Å². The SMILES string of the molecule is N#Cc1cnc2nc(N3CCN4CC[C@@H]3C4)oc2c1. The zero-order chi connectivity index (χ0) is 12.8. The molecular weight excluding hydrogens is 242 g/mol. The first kappa shape index (κ1) is 10.8. The molecular formula is C13H13N5O. The van der Waals surface area contributed by atoms with E-state index in [1.165, 1.54) is 6.20 Å². The Morgan fingerprint density at radius 1 is 1.37 bits per heavy atom. The molecule has 2 saturated heterocycles. The molecule has 2 aliphatic heterocycles. The van der Waals surface area contributed by atoms with Crippen LogP contribution in [0.1, 0.15) is 12.0 Å². The van der Waals surface area contributed by atoms with Crippen molar-refractivity contribution in [2.75, 3.05) is 31.1 Å². The molecule has 2 atom stereocenters. The number of aromatic nitrogens is 2. The fraction of sp³-hybridized carbons (Fsp3) is 0.462. The van der Waals surface area contributed by atoms with E-state index < -0.39 is 0 Å². The van der Waals surface area contributed by atoms with Crippen LogP contribution in [0.2, 0.25) is 0 Å². The molecule has 0 saturated carbocycles. The summed E-state index contributed by atoms with van der Waals surface area (Å²) < 4.78 is 5.78. The van der Waals surface area contributed by atoms with Crippen LogP contribution < -0.4 is 4.90 Å². The number of piperazine rings is 1. The fourth-order valence-corrected chi connectivity index (χ4v) is 2.95. The normalized spacial score (nSPS) is 25.7. The zero-order valence-corrected chi connectivity index (χ0v) is 10.4. The van der Waals surface area contributed by atoms with Crippen LogP contribution in [0, 0.1) is 11.3 Å². The van der Waals surface area contributed by atoms with Crippen molar-refractivity contribution in [1.29, 1.82) is 5.26 Å². The van der Waals surface area contributed by atoms with Crippen molar-refractivity contribution < 1.29 is 4.42 Å². The number of hydrogen-bond acceptors (Lipinski definition) is 6. The molecule has 6 nitrogen and oxygen atoms in total. The second-order valence-electron chi connectivity index (χ2n) is 5.09. The first-order valence-corrected chi connectivity index (χ1v) is 6.49. The van der Waals surface area contributed by atoms with Crippen molar-refractivity contribution in [1.82, 2.24) is 14.9 Å². The van der Waals surface area contributed by atoms with E-state index in [0.29, 0.717) is 28.9 Å². The third-order valence-corrected chi connectivity index (χ3v) is 3.96. The van der Waals surface area contributed by atoms with Crippen LogP contribution in [0.5, 0.6) is 0 Å². The summed E-state index contributed by atoms with van der Waals surface area (Å²) in [6.07, 6.45) is 2.69. The van der Waals surface area contributed by atoms with E-state index in [0.717, 1.165) is 32.6 Å². The molecule has 0 N–H and O–H groups in total. The lowest BCUT2D eigenvalue weighted by molar-refractivity contribution is 0.304. The average Bonchev–Trinajstić information content (AvgIpc) is 3.02. The number of nitrogens with zero attached hydrogens (tertiary/aromatic N) is 5. The molecule has 6 heteroatoms. The van der Waals surface area contributed by atoms with Gasteiger partial charge in [-0.15, -0.1) is 0 Å². The second-order valence-corrected chi connectivity index (χ2v) is 5.09. The maximum absolute atomic E-state index is 8.87. The summed E-state index contributed by atoms with van der Waals surface area (Å²) in [6.45, 7) is 4.27. The van der Waals surface area contributed by atoms with E-state index in [-0.39, 0.29) is 0 Å². The molecule has 19 heavy (non-hydrogen) atoms. The molecule has 2 aromatic heterocycles. The Morgan fingerprint density at radius 2 is 2.32 bits per heavy atom. The van der Waals surface area contributed by atoms with E-state index in [1.807, 2.05) is 0 Å². The number of fused-ring (bicyclic) bond motifs is 3. The number of anilines is 1. The summed E-state index contributed by atoms with van der Waals surface area (Å²) >= 11 is 0. The minimum Gasteiger partial charge on any atom is -0.422 e. The van der Waals surface area contributed by atoms with Gasteiger partial charge >= 0.3 is 0 Å². The maximum Gasteiger partial charge on any atom is 0.300 e. The Bertz CT molecular complexity index is 673. The molecule has 4 rings (SSSR count). The molecule has 0 aromatic carbocycles. The van der Waals surface area contributed by atoms with Gasteiger partial charge in [0.15, 0.2) is 5.58 Å². The van der Waals surface area contributed by atoms with Gasteiger partial charge in [0.05, 0.1) is 5.56 Å². The lowest BCUT2D eigenvalue weighted by Crippen LogP contribution is -2.46. The smallest absolute Gasteiger partial charge is 0.300 e. The van der Waals surface area contributed by atoms with E-state index in [1.54, 1.807) is 6.07 Å². The van der Waals surface area contributed by atoms with E-state index in [4.69, 9.17) is 9.68 Å². The summed E-state index contributed by atoms with van der Waals surface area (Å²) in [6, 6.07) is 4.90. The van der Waals surface area contributed by atoms with Crippen LogP contribution in [0.25, 0.3) is 11.2 Å². The first-order chi connectivity index (χ1) is 9.33. The molecule has 2 aromatic rings. The van der Waals surface area contributed by atoms with Crippen molar-refractivity contribution in [3.63, 3.8) is 0 Å². The fourth-order valence-electron chi connectivity index (χ4n) is 2.95. The molecule has 2 aliphatic rings. The first-order valence-electron chi connectivity index (χ1n) is 6.49. The molecule has 96 valence electrons. The lowest BCUT2D eigenvalue weighted by atomic mass is 10.2. The van der Waals surface area contributed by atoms with Gasteiger partial charge in [-0.05, 0) is 6.42 Å². The molecule has 0 radical (unpaired) electrons. The quantitative estimate of drug-likeness (QED) is 0.757. The van der Waals surface area contributed by atoms with E-state index in [2.05, 4.69) is 25.8 Å². The van der Waals surface area contributed by atoms with Crippen molar-refractivity contribution in [2.45, 2.75) is 12.5 Å². The van der Waals surface area contributed by atoms with Crippen molar-refractivity contribution >= 4 is 17.2 Å². The van der Waals surface area contributed by atoms with Crippen LogP contribution in [0.4, 0.5) is 6.01 Å². The van der Waals surface area contributed by atoms with Gasteiger partial charge in [-0.3, -0.25) is 4.90 Å². The van der Waals surface area contributed by atoms with Crippen LogP contribution in [0.3, 0.4) is 0 Å². The highest BCUT2D eigenvalue weighted by atomic mass is 16.4. The van der Waals surface area contributed by atoms with Gasteiger partial charge in [-0.1, -0.05) is 0 Å². The van der Waals surface area contributed by atoms with Gasteiger partial charge in [0.2, 0.25) is 5.65 Å².